The second kappa shape index (κ2) is 5.00. The predicted molar refractivity (Wildman–Crippen MR) is 61.5 cm³/mol. The maximum atomic E-state index is 11.5. The quantitative estimate of drug-likeness (QED) is 0.656. The van der Waals surface area contributed by atoms with Gasteiger partial charge in [0.05, 0.1) is 12.0 Å². The van der Waals surface area contributed by atoms with Crippen LogP contribution in [0.25, 0.3) is 0 Å². The average Bonchev–Trinajstić information content (AvgIpc) is 2.15. The maximum Gasteiger partial charge on any atom is 0.311 e. The third-order valence-corrected chi connectivity index (χ3v) is 3.20. The van der Waals surface area contributed by atoms with E-state index in [1.165, 1.54) is 25.7 Å². The summed E-state index contributed by atoms with van der Waals surface area (Å²) in [6.07, 6.45) is 5.02. The van der Waals surface area contributed by atoms with Gasteiger partial charge in [0.2, 0.25) is 0 Å². The molecule has 1 aliphatic carbocycles. The predicted octanol–water partition coefficient (Wildman–Crippen LogP) is 3.40. The van der Waals surface area contributed by atoms with Gasteiger partial charge >= 0.3 is 5.97 Å². The van der Waals surface area contributed by atoms with Crippen molar-refractivity contribution in [2.45, 2.75) is 53.4 Å². The van der Waals surface area contributed by atoms with Gasteiger partial charge in [0.25, 0.3) is 0 Å². The standard InChI is InChI=1S/C13H24O2/c1-10-5-7-11(8-6-10)9-15-12(14)13(2,3)4/h10-11H,5-9H2,1-4H3/t10-,11-. The Morgan fingerprint density at radius 2 is 1.73 bits per heavy atom. The third kappa shape index (κ3) is 4.23. The summed E-state index contributed by atoms with van der Waals surface area (Å²) in [4.78, 5) is 11.5. The largest absolute Gasteiger partial charge is 0.465 e. The Morgan fingerprint density at radius 3 is 2.20 bits per heavy atom. The Labute approximate surface area is 93.4 Å². The lowest BCUT2D eigenvalue weighted by molar-refractivity contribution is -0.154. The monoisotopic (exact) mass is 212 g/mol. The van der Waals surface area contributed by atoms with E-state index >= 15 is 0 Å². The Hall–Kier alpha value is -0.530. The number of rotatable bonds is 2. The Morgan fingerprint density at radius 1 is 1.20 bits per heavy atom. The highest BCUT2D eigenvalue weighted by Crippen LogP contribution is 2.28. The molecule has 15 heavy (non-hydrogen) atoms. The van der Waals surface area contributed by atoms with Crippen molar-refractivity contribution in [2.75, 3.05) is 6.61 Å². The van der Waals surface area contributed by atoms with Gasteiger partial charge in [0.15, 0.2) is 0 Å². The molecule has 0 atom stereocenters. The van der Waals surface area contributed by atoms with Crippen LogP contribution in [0.15, 0.2) is 0 Å². The molecule has 0 heterocycles. The van der Waals surface area contributed by atoms with Crippen LogP contribution in [0.1, 0.15) is 53.4 Å². The van der Waals surface area contributed by atoms with Gasteiger partial charge in [0, 0.05) is 0 Å². The second-order valence-corrected chi connectivity index (χ2v) is 5.97. The summed E-state index contributed by atoms with van der Waals surface area (Å²) in [5, 5.41) is 0. The fourth-order valence-electron chi connectivity index (χ4n) is 1.91. The zero-order valence-electron chi connectivity index (χ0n) is 10.5. The van der Waals surface area contributed by atoms with Crippen molar-refractivity contribution in [3.63, 3.8) is 0 Å². The van der Waals surface area contributed by atoms with Crippen LogP contribution >= 0.6 is 0 Å². The molecule has 1 saturated carbocycles. The fraction of sp³-hybridized carbons (Fsp3) is 0.923. The Bertz CT molecular complexity index is 207. The number of hydrogen-bond acceptors (Lipinski definition) is 2. The first-order valence-corrected chi connectivity index (χ1v) is 6.07. The molecule has 1 rings (SSSR count). The molecule has 0 radical (unpaired) electrons. The molecular formula is C13H24O2. The molecule has 1 fully saturated rings. The molecule has 0 spiro atoms. The van der Waals surface area contributed by atoms with Crippen molar-refractivity contribution in [1.29, 1.82) is 0 Å². The molecule has 2 nitrogen and oxygen atoms in total. The van der Waals surface area contributed by atoms with Crippen LogP contribution in [0.3, 0.4) is 0 Å². The summed E-state index contributed by atoms with van der Waals surface area (Å²) in [5.74, 6) is 1.40. The van der Waals surface area contributed by atoms with Gasteiger partial charge in [-0.25, -0.2) is 0 Å². The van der Waals surface area contributed by atoms with E-state index in [-0.39, 0.29) is 11.4 Å². The highest BCUT2D eigenvalue weighted by Gasteiger charge is 2.25. The lowest BCUT2D eigenvalue weighted by Crippen LogP contribution is -2.26. The van der Waals surface area contributed by atoms with Gasteiger partial charge in [-0.05, 0) is 45.4 Å². The molecule has 2 heteroatoms. The van der Waals surface area contributed by atoms with Crippen molar-refractivity contribution < 1.29 is 9.53 Å². The molecule has 1 aliphatic rings. The van der Waals surface area contributed by atoms with Gasteiger partial charge in [-0.2, -0.15) is 0 Å². The molecule has 0 aromatic heterocycles. The van der Waals surface area contributed by atoms with Gasteiger partial charge in [-0.3, -0.25) is 4.79 Å². The molecule has 88 valence electrons. The highest BCUT2D eigenvalue weighted by molar-refractivity contribution is 5.75. The van der Waals surface area contributed by atoms with E-state index in [2.05, 4.69) is 6.92 Å². The van der Waals surface area contributed by atoms with E-state index in [0.717, 1.165) is 5.92 Å². The number of carbonyl (C=O) groups excluding carboxylic acids is 1. The Balaban J connectivity index is 2.23. The first kappa shape index (κ1) is 12.5. The van der Waals surface area contributed by atoms with Crippen LogP contribution < -0.4 is 0 Å². The molecule has 0 unspecified atom stereocenters. The van der Waals surface area contributed by atoms with E-state index in [4.69, 9.17) is 4.74 Å². The minimum absolute atomic E-state index is 0.0684. The maximum absolute atomic E-state index is 11.5. The van der Waals surface area contributed by atoms with Crippen molar-refractivity contribution in [2.24, 2.45) is 17.3 Å². The molecular weight excluding hydrogens is 188 g/mol. The van der Waals surface area contributed by atoms with Gasteiger partial charge in [-0.1, -0.05) is 19.8 Å². The molecule has 0 aromatic carbocycles. The average molecular weight is 212 g/mol. The molecule has 0 amide bonds. The summed E-state index contributed by atoms with van der Waals surface area (Å²) >= 11 is 0. The molecule has 0 aromatic rings. The first-order chi connectivity index (χ1) is 6.89. The van der Waals surface area contributed by atoms with E-state index in [9.17, 15) is 4.79 Å². The van der Waals surface area contributed by atoms with Gasteiger partial charge in [0.1, 0.15) is 0 Å². The summed E-state index contributed by atoms with van der Waals surface area (Å²) < 4.78 is 5.34. The molecule has 0 aliphatic heterocycles. The topological polar surface area (TPSA) is 26.3 Å². The van der Waals surface area contributed by atoms with E-state index in [1.807, 2.05) is 20.8 Å². The van der Waals surface area contributed by atoms with Gasteiger partial charge < -0.3 is 4.74 Å². The number of carbonyl (C=O) groups is 1. The van der Waals surface area contributed by atoms with Crippen LogP contribution in [0.4, 0.5) is 0 Å². The fourth-order valence-corrected chi connectivity index (χ4v) is 1.91. The van der Waals surface area contributed by atoms with Crippen LogP contribution in [-0.2, 0) is 9.53 Å². The number of esters is 1. The highest BCUT2D eigenvalue weighted by atomic mass is 16.5. The lowest BCUT2D eigenvalue weighted by atomic mass is 9.83. The third-order valence-electron chi connectivity index (χ3n) is 3.20. The SMILES string of the molecule is CC(C)(C)C(=O)OC[C@H]1CC[C@H](C)CC1. The lowest BCUT2D eigenvalue weighted by Gasteiger charge is -2.27. The summed E-state index contributed by atoms with van der Waals surface area (Å²) in [5.41, 5.74) is -0.359. The Kier molecular flexibility index (Phi) is 4.18. The van der Waals surface area contributed by atoms with Crippen molar-refractivity contribution in [3.05, 3.63) is 0 Å². The first-order valence-electron chi connectivity index (χ1n) is 6.07. The van der Waals surface area contributed by atoms with Crippen LogP contribution in [-0.4, -0.2) is 12.6 Å². The summed E-state index contributed by atoms with van der Waals surface area (Å²) in [6.45, 7) is 8.63. The summed E-state index contributed by atoms with van der Waals surface area (Å²) in [7, 11) is 0. The van der Waals surface area contributed by atoms with Gasteiger partial charge in [-0.15, -0.1) is 0 Å². The molecule has 0 bridgehead atoms. The molecule has 0 saturated heterocycles. The van der Waals surface area contributed by atoms with Crippen molar-refractivity contribution >= 4 is 5.97 Å². The van der Waals surface area contributed by atoms with Crippen LogP contribution in [0.5, 0.6) is 0 Å². The molecule has 0 N–H and O–H groups in total. The normalized spacial score (nSPS) is 27.5. The summed E-state index contributed by atoms with van der Waals surface area (Å²) in [6, 6.07) is 0. The number of hydrogen-bond donors (Lipinski definition) is 0. The minimum atomic E-state index is -0.359. The zero-order valence-corrected chi connectivity index (χ0v) is 10.5. The van der Waals surface area contributed by atoms with Crippen LogP contribution in [0, 0.1) is 17.3 Å². The van der Waals surface area contributed by atoms with E-state index in [1.54, 1.807) is 0 Å². The zero-order chi connectivity index (χ0) is 11.5. The van der Waals surface area contributed by atoms with Crippen LogP contribution in [0.2, 0.25) is 0 Å². The van der Waals surface area contributed by atoms with E-state index < -0.39 is 0 Å². The minimum Gasteiger partial charge on any atom is -0.465 e. The van der Waals surface area contributed by atoms with E-state index in [0.29, 0.717) is 12.5 Å². The smallest absolute Gasteiger partial charge is 0.311 e. The number of ether oxygens (including phenoxy) is 1. The van der Waals surface area contributed by atoms with Crippen molar-refractivity contribution in [1.82, 2.24) is 0 Å². The second-order valence-electron chi connectivity index (χ2n) is 5.97. The van der Waals surface area contributed by atoms with Crippen molar-refractivity contribution in [3.8, 4) is 0 Å².